The summed E-state index contributed by atoms with van der Waals surface area (Å²) >= 11 is 0. The first-order chi connectivity index (χ1) is 14.0. The fraction of sp³-hybridized carbons (Fsp3) is 0.652. The molecule has 160 valence electrons. The molecular formula is C23H36N4O2. The lowest BCUT2D eigenvalue weighted by Crippen LogP contribution is -2.48. The maximum Gasteiger partial charge on any atom is 0.253 e. The molecule has 0 spiro atoms. The predicted octanol–water partition coefficient (Wildman–Crippen LogP) is 2.13. The summed E-state index contributed by atoms with van der Waals surface area (Å²) in [5, 5.41) is 3.28. The van der Waals surface area contributed by atoms with Crippen molar-refractivity contribution in [1.29, 1.82) is 0 Å². The maximum atomic E-state index is 13.2. The number of benzene rings is 1. The van der Waals surface area contributed by atoms with Crippen LogP contribution in [-0.4, -0.2) is 84.9 Å². The van der Waals surface area contributed by atoms with Crippen LogP contribution in [-0.2, 0) is 4.79 Å². The highest BCUT2D eigenvalue weighted by Crippen LogP contribution is 2.16. The number of piperazine rings is 1. The van der Waals surface area contributed by atoms with E-state index in [-0.39, 0.29) is 11.8 Å². The van der Waals surface area contributed by atoms with Gasteiger partial charge >= 0.3 is 0 Å². The van der Waals surface area contributed by atoms with Crippen LogP contribution in [0.1, 0.15) is 48.5 Å². The van der Waals surface area contributed by atoms with Gasteiger partial charge in [0.2, 0.25) is 5.91 Å². The van der Waals surface area contributed by atoms with Gasteiger partial charge in [-0.15, -0.1) is 0 Å². The van der Waals surface area contributed by atoms with Crippen LogP contribution in [0, 0.1) is 6.92 Å². The third-order valence-electron chi connectivity index (χ3n) is 6.22. The third kappa shape index (κ3) is 6.28. The van der Waals surface area contributed by atoms with E-state index in [1.165, 1.54) is 19.3 Å². The molecule has 0 saturated carbocycles. The summed E-state index contributed by atoms with van der Waals surface area (Å²) in [6, 6.07) is 8.33. The zero-order valence-electron chi connectivity index (χ0n) is 18.0. The van der Waals surface area contributed by atoms with Gasteiger partial charge in [0.1, 0.15) is 0 Å². The minimum Gasteiger partial charge on any atom is -0.340 e. The van der Waals surface area contributed by atoms with Crippen LogP contribution in [0.15, 0.2) is 24.3 Å². The Morgan fingerprint density at radius 3 is 2.66 bits per heavy atom. The summed E-state index contributed by atoms with van der Waals surface area (Å²) in [5.41, 5.74) is 1.80. The Kier molecular flexibility index (Phi) is 8.07. The van der Waals surface area contributed by atoms with E-state index in [1.54, 1.807) is 0 Å². The molecule has 1 atom stereocenters. The Bertz CT molecular complexity index is 687. The molecule has 2 amide bonds. The highest BCUT2D eigenvalue weighted by atomic mass is 16.2. The molecule has 0 bridgehead atoms. The van der Waals surface area contributed by atoms with Crippen molar-refractivity contribution >= 4 is 11.8 Å². The van der Waals surface area contributed by atoms with Crippen molar-refractivity contribution in [2.24, 2.45) is 0 Å². The lowest BCUT2D eigenvalue weighted by molar-refractivity contribution is -0.131. The van der Waals surface area contributed by atoms with Crippen LogP contribution in [0.4, 0.5) is 0 Å². The number of hydrogen-bond acceptors (Lipinski definition) is 4. The number of nitrogens with one attached hydrogen (secondary N) is 1. The van der Waals surface area contributed by atoms with E-state index >= 15 is 0 Å². The quantitative estimate of drug-likeness (QED) is 0.762. The zero-order valence-corrected chi connectivity index (χ0v) is 18.0. The highest BCUT2D eigenvalue weighted by molar-refractivity contribution is 5.94. The molecule has 2 aliphatic rings. The second-order valence-corrected chi connectivity index (χ2v) is 8.42. The van der Waals surface area contributed by atoms with Gasteiger partial charge in [0.15, 0.2) is 0 Å². The first-order valence-corrected chi connectivity index (χ1v) is 11.1. The van der Waals surface area contributed by atoms with E-state index in [0.29, 0.717) is 31.1 Å². The summed E-state index contributed by atoms with van der Waals surface area (Å²) in [7, 11) is 0. The number of piperidine rings is 1. The van der Waals surface area contributed by atoms with Gasteiger partial charge in [-0.2, -0.15) is 0 Å². The standard InChI is InChI=1S/C23H36N4O2/c1-19-6-5-8-21(18-19)23(29)27(17-16-25-12-4-3-7-20(25)2)13-9-22(28)26-14-10-24-11-15-26/h5-6,8,18,20,24H,3-4,7,9-17H2,1-2H3. The molecule has 2 heterocycles. The van der Waals surface area contributed by atoms with Crippen molar-refractivity contribution in [3.8, 4) is 0 Å². The Hall–Kier alpha value is -1.92. The number of likely N-dealkylation sites (tertiary alicyclic amines) is 1. The topological polar surface area (TPSA) is 55.9 Å². The van der Waals surface area contributed by atoms with E-state index in [9.17, 15) is 9.59 Å². The molecule has 0 aromatic heterocycles. The van der Waals surface area contributed by atoms with Gasteiger partial charge in [-0.3, -0.25) is 14.5 Å². The molecule has 1 aromatic carbocycles. The summed E-state index contributed by atoms with van der Waals surface area (Å²) in [6.45, 7) is 10.6. The minimum atomic E-state index is 0.0338. The molecule has 29 heavy (non-hydrogen) atoms. The summed E-state index contributed by atoms with van der Waals surface area (Å²) in [4.78, 5) is 32.1. The van der Waals surface area contributed by atoms with Gasteiger partial charge in [-0.25, -0.2) is 0 Å². The van der Waals surface area contributed by atoms with Crippen molar-refractivity contribution in [3.63, 3.8) is 0 Å². The van der Waals surface area contributed by atoms with E-state index in [0.717, 1.165) is 44.8 Å². The van der Waals surface area contributed by atoms with Crippen molar-refractivity contribution in [3.05, 3.63) is 35.4 Å². The van der Waals surface area contributed by atoms with Gasteiger partial charge in [-0.05, 0) is 45.4 Å². The molecule has 2 aliphatic heterocycles. The van der Waals surface area contributed by atoms with E-state index < -0.39 is 0 Å². The molecule has 1 unspecified atom stereocenters. The summed E-state index contributed by atoms with van der Waals surface area (Å²) < 4.78 is 0. The van der Waals surface area contributed by atoms with Gasteiger partial charge < -0.3 is 15.1 Å². The van der Waals surface area contributed by atoms with Crippen LogP contribution < -0.4 is 5.32 Å². The minimum absolute atomic E-state index is 0.0338. The summed E-state index contributed by atoms with van der Waals surface area (Å²) in [5.74, 6) is 0.186. The largest absolute Gasteiger partial charge is 0.340 e. The molecule has 2 fully saturated rings. The molecule has 1 N–H and O–H groups in total. The number of amides is 2. The molecule has 3 rings (SSSR count). The van der Waals surface area contributed by atoms with Crippen molar-refractivity contribution in [2.75, 3.05) is 52.4 Å². The van der Waals surface area contributed by atoms with Crippen LogP contribution in [0.25, 0.3) is 0 Å². The molecule has 6 heteroatoms. The first-order valence-electron chi connectivity index (χ1n) is 11.1. The van der Waals surface area contributed by atoms with Gasteiger partial charge in [0.25, 0.3) is 5.91 Å². The average molecular weight is 401 g/mol. The fourth-order valence-corrected chi connectivity index (χ4v) is 4.32. The average Bonchev–Trinajstić information content (AvgIpc) is 2.75. The van der Waals surface area contributed by atoms with Crippen LogP contribution >= 0.6 is 0 Å². The Morgan fingerprint density at radius 2 is 1.93 bits per heavy atom. The molecular weight excluding hydrogens is 364 g/mol. The Balaban J connectivity index is 1.63. The predicted molar refractivity (Wildman–Crippen MR) is 116 cm³/mol. The number of carbonyl (C=O) groups excluding carboxylic acids is 2. The van der Waals surface area contributed by atoms with Gasteiger partial charge in [0.05, 0.1) is 0 Å². The lowest BCUT2D eigenvalue weighted by atomic mass is 10.0. The number of carbonyl (C=O) groups is 2. The highest BCUT2D eigenvalue weighted by Gasteiger charge is 2.23. The number of nitrogens with zero attached hydrogens (tertiary/aromatic N) is 3. The number of rotatable bonds is 7. The molecule has 2 saturated heterocycles. The van der Waals surface area contributed by atoms with E-state index in [2.05, 4.69) is 17.1 Å². The first kappa shape index (κ1) is 21.8. The van der Waals surface area contributed by atoms with Crippen LogP contribution in [0.5, 0.6) is 0 Å². The normalized spacial score (nSPS) is 20.5. The number of hydrogen-bond donors (Lipinski definition) is 1. The molecule has 0 aliphatic carbocycles. The number of aryl methyl sites for hydroxylation is 1. The van der Waals surface area contributed by atoms with E-state index in [1.807, 2.05) is 41.0 Å². The Labute approximate surface area is 175 Å². The molecule has 1 aromatic rings. The molecule has 0 radical (unpaired) electrons. The van der Waals surface area contributed by atoms with Gasteiger partial charge in [-0.1, -0.05) is 24.1 Å². The van der Waals surface area contributed by atoms with Crippen LogP contribution in [0.2, 0.25) is 0 Å². The monoisotopic (exact) mass is 400 g/mol. The van der Waals surface area contributed by atoms with Crippen molar-refractivity contribution < 1.29 is 9.59 Å². The van der Waals surface area contributed by atoms with E-state index in [4.69, 9.17) is 0 Å². The fourth-order valence-electron chi connectivity index (χ4n) is 4.32. The lowest BCUT2D eigenvalue weighted by Gasteiger charge is -2.35. The second-order valence-electron chi connectivity index (χ2n) is 8.42. The van der Waals surface area contributed by atoms with Crippen molar-refractivity contribution in [1.82, 2.24) is 20.0 Å². The summed E-state index contributed by atoms with van der Waals surface area (Å²) in [6.07, 6.45) is 4.15. The third-order valence-corrected chi connectivity index (χ3v) is 6.22. The van der Waals surface area contributed by atoms with Gasteiger partial charge in [0, 0.05) is 63.8 Å². The van der Waals surface area contributed by atoms with Crippen LogP contribution in [0.3, 0.4) is 0 Å². The Morgan fingerprint density at radius 1 is 1.14 bits per heavy atom. The van der Waals surface area contributed by atoms with Crippen molar-refractivity contribution in [2.45, 2.75) is 45.6 Å². The maximum absolute atomic E-state index is 13.2. The SMILES string of the molecule is Cc1cccc(C(=O)N(CCC(=O)N2CCNCC2)CCN2CCCCC2C)c1. The smallest absolute Gasteiger partial charge is 0.253 e. The zero-order chi connectivity index (χ0) is 20.6. The second kappa shape index (κ2) is 10.7. The molecule has 6 nitrogen and oxygen atoms in total.